The van der Waals surface area contributed by atoms with E-state index < -0.39 is 12.0 Å². The first-order valence-electron chi connectivity index (χ1n) is 4.48. The molecule has 0 saturated carbocycles. The number of aliphatic carboxylic acids is 1. The lowest BCUT2D eigenvalue weighted by Gasteiger charge is -2.15. The van der Waals surface area contributed by atoms with E-state index in [1.54, 1.807) is 19.1 Å². The SMILES string of the molecule is COc1cc(Cl)c(I)cc1NC(C)C(=O)O. The van der Waals surface area contributed by atoms with E-state index in [9.17, 15) is 4.79 Å². The van der Waals surface area contributed by atoms with Crippen molar-refractivity contribution in [3.05, 3.63) is 20.7 Å². The maximum Gasteiger partial charge on any atom is 0.325 e. The van der Waals surface area contributed by atoms with E-state index in [0.29, 0.717) is 16.5 Å². The van der Waals surface area contributed by atoms with Gasteiger partial charge in [0.1, 0.15) is 11.8 Å². The molecule has 0 aliphatic carbocycles. The van der Waals surface area contributed by atoms with Crippen LogP contribution in [-0.4, -0.2) is 24.2 Å². The van der Waals surface area contributed by atoms with Crippen LogP contribution in [0.15, 0.2) is 12.1 Å². The zero-order chi connectivity index (χ0) is 12.3. The molecule has 1 rings (SSSR count). The standard InChI is InChI=1S/C10H11ClINO3/c1-5(10(14)15)13-8-4-7(12)6(11)3-9(8)16-2/h3-5,13H,1-2H3,(H,14,15). The van der Waals surface area contributed by atoms with E-state index in [2.05, 4.69) is 27.9 Å². The molecule has 1 unspecified atom stereocenters. The average Bonchev–Trinajstić information content (AvgIpc) is 2.22. The number of hydrogen-bond donors (Lipinski definition) is 2. The van der Waals surface area contributed by atoms with E-state index >= 15 is 0 Å². The number of rotatable bonds is 4. The molecule has 0 aliphatic rings. The van der Waals surface area contributed by atoms with Crippen LogP contribution in [0.4, 0.5) is 5.69 Å². The third-order valence-corrected chi connectivity index (χ3v) is 3.51. The van der Waals surface area contributed by atoms with E-state index in [1.165, 1.54) is 7.11 Å². The fourth-order valence-corrected chi connectivity index (χ4v) is 1.73. The van der Waals surface area contributed by atoms with Gasteiger partial charge in [-0.25, -0.2) is 0 Å². The van der Waals surface area contributed by atoms with Crippen molar-refractivity contribution in [2.75, 3.05) is 12.4 Å². The van der Waals surface area contributed by atoms with E-state index in [4.69, 9.17) is 21.4 Å². The van der Waals surface area contributed by atoms with Gasteiger partial charge >= 0.3 is 5.97 Å². The van der Waals surface area contributed by atoms with Gasteiger partial charge in [-0.2, -0.15) is 0 Å². The fourth-order valence-electron chi connectivity index (χ4n) is 1.11. The minimum Gasteiger partial charge on any atom is -0.495 e. The lowest BCUT2D eigenvalue weighted by atomic mass is 10.2. The third kappa shape index (κ3) is 3.15. The fraction of sp³-hybridized carbons (Fsp3) is 0.300. The van der Waals surface area contributed by atoms with Crippen molar-refractivity contribution in [1.29, 1.82) is 0 Å². The Labute approximate surface area is 112 Å². The highest BCUT2D eigenvalue weighted by Gasteiger charge is 2.14. The number of nitrogens with one attached hydrogen (secondary N) is 1. The van der Waals surface area contributed by atoms with Crippen LogP contribution in [0, 0.1) is 3.57 Å². The summed E-state index contributed by atoms with van der Waals surface area (Å²) >= 11 is 8.00. The molecule has 1 aromatic carbocycles. The highest BCUT2D eigenvalue weighted by Crippen LogP contribution is 2.32. The lowest BCUT2D eigenvalue weighted by Crippen LogP contribution is -2.25. The number of carboxylic acid groups (broad SMARTS) is 1. The Morgan fingerprint density at radius 1 is 1.62 bits per heavy atom. The van der Waals surface area contributed by atoms with Crippen molar-refractivity contribution in [1.82, 2.24) is 0 Å². The Morgan fingerprint density at radius 3 is 2.75 bits per heavy atom. The molecule has 88 valence electrons. The zero-order valence-corrected chi connectivity index (χ0v) is 11.7. The number of carbonyl (C=O) groups is 1. The minimum absolute atomic E-state index is 0.526. The summed E-state index contributed by atoms with van der Waals surface area (Å²) in [5.41, 5.74) is 0.617. The Bertz CT molecular complexity index is 411. The maximum atomic E-state index is 10.7. The van der Waals surface area contributed by atoms with E-state index in [-0.39, 0.29) is 0 Å². The maximum absolute atomic E-state index is 10.7. The number of ether oxygens (including phenoxy) is 1. The molecule has 2 N–H and O–H groups in total. The third-order valence-electron chi connectivity index (χ3n) is 1.98. The molecule has 0 spiro atoms. The van der Waals surface area contributed by atoms with Crippen LogP contribution in [0.5, 0.6) is 5.75 Å². The Morgan fingerprint density at radius 2 is 2.25 bits per heavy atom. The predicted molar refractivity (Wildman–Crippen MR) is 71.4 cm³/mol. The summed E-state index contributed by atoms with van der Waals surface area (Å²) in [5.74, 6) is -0.398. The molecule has 0 aliphatic heterocycles. The molecule has 1 aromatic rings. The summed E-state index contributed by atoms with van der Waals surface area (Å²) in [7, 11) is 1.51. The van der Waals surface area contributed by atoms with Crippen molar-refractivity contribution < 1.29 is 14.6 Å². The van der Waals surface area contributed by atoms with Gasteiger partial charge in [-0.05, 0) is 35.6 Å². The summed E-state index contributed by atoms with van der Waals surface area (Å²) in [5, 5.41) is 12.2. The lowest BCUT2D eigenvalue weighted by molar-refractivity contribution is -0.137. The molecule has 0 bridgehead atoms. The van der Waals surface area contributed by atoms with Gasteiger partial charge < -0.3 is 15.2 Å². The van der Waals surface area contributed by atoms with Crippen molar-refractivity contribution in [2.45, 2.75) is 13.0 Å². The highest BCUT2D eigenvalue weighted by molar-refractivity contribution is 14.1. The quantitative estimate of drug-likeness (QED) is 0.816. The topological polar surface area (TPSA) is 58.6 Å². The summed E-state index contributed by atoms with van der Waals surface area (Å²) in [6.45, 7) is 1.56. The zero-order valence-electron chi connectivity index (χ0n) is 8.75. The monoisotopic (exact) mass is 355 g/mol. The molecule has 4 nitrogen and oxygen atoms in total. The Kier molecular flexibility index (Phi) is 4.67. The largest absolute Gasteiger partial charge is 0.495 e. The molecule has 1 atom stereocenters. The summed E-state index contributed by atoms with van der Waals surface area (Å²) in [6, 6.07) is 2.72. The number of halogens is 2. The predicted octanol–water partition coefficient (Wildman–Crippen LogP) is 2.84. The van der Waals surface area contributed by atoms with Gasteiger partial charge in [-0.1, -0.05) is 11.6 Å². The van der Waals surface area contributed by atoms with Crippen molar-refractivity contribution >= 4 is 45.8 Å². The first-order valence-corrected chi connectivity index (χ1v) is 5.93. The van der Waals surface area contributed by atoms with Gasteiger partial charge in [0.25, 0.3) is 0 Å². The number of carboxylic acids is 1. The Hall–Kier alpha value is -0.690. The van der Waals surface area contributed by atoms with Gasteiger partial charge in [0.2, 0.25) is 0 Å². The molecule has 0 aromatic heterocycles. The van der Waals surface area contributed by atoms with E-state index in [1.807, 2.05) is 0 Å². The molecule has 16 heavy (non-hydrogen) atoms. The van der Waals surface area contributed by atoms with E-state index in [0.717, 1.165) is 3.57 Å². The van der Waals surface area contributed by atoms with Gasteiger partial charge in [0.15, 0.2) is 0 Å². The van der Waals surface area contributed by atoms with Gasteiger partial charge in [0, 0.05) is 9.64 Å². The van der Waals surface area contributed by atoms with Crippen LogP contribution in [0.3, 0.4) is 0 Å². The molecule has 6 heteroatoms. The molecular formula is C10H11ClINO3. The number of methoxy groups -OCH3 is 1. The molecular weight excluding hydrogens is 344 g/mol. The molecule has 0 amide bonds. The van der Waals surface area contributed by atoms with Gasteiger partial charge in [-0.3, -0.25) is 4.79 Å². The second-order valence-electron chi connectivity index (χ2n) is 3.17. The summed E-state index contributed by atoms with van der Waals surface area (Å²) in [6.07, 6.45) is 0. The molecule has 0 fully saturated rings. The van der Waals surface area contributed by atoms with Crippen molar-refractivity contribution in [3.8, 4) is 5.75 Å². The number of anilines is 1. The van der Waals surface area contributed by atoms with Crippen LogP contribution in [-0.2, 0) is 4.79 Å². The van der Waals surface area contributed by atoms with Gasteiger partial charge in [0.05, 0.1) is 17.8 Å². The van der Waals surface area contributed by atoms with Crippen LogP contribution in [0.2, 0.25) is 5.02 Å². The van der Waals surface area contributed by atoms with Crippen molar-refractivity contribution in [2.24, 2.45) is 0 Å². The van der Waals surface area contributed by atoms with Crippen molar-refractivity contribution in [3.63, 3.8) is 0 Å². The summed E-state index contributed by atoms with van der Waals surface area (Å²) < 4.78 is 5.95. The second kappa shape index (κ2) is 5.58. The number of benzene rings is 1. The van der Waals surface area contributed by atoms with Crippen LogP contribution < -0.4 is 10.1 Å². The first kappa shape index (κ1) is 13.4. The first-order chi connectivity index (χ1) is 7.45. The minimum atomic E-state index is -0.924. The van der Waals surface area contributed by atoms with Gasteiger partial charge in [-0.15, -0.1) is 0 Å². The second-order valence-corrected chi connectivity index (χ2v) is 4.74. The highest BCUT2D eigenvalue weighted by atomic mass is 127. The molecule has 0 saturated heterocycles. The smallest absolute Gasteiger partial charge is 0.325 e. The van der Waals surface area contributed by atoms with Crippen LogP contribution >= 0.6 is 34.2 Å². The molecule has 0 radical (unpaired) electrons. The molecule has 0 heterocycles. The Balaban J connectivity index is 3.03. The number of hydrogen-bond acceptors (Lipinski definition) is 3. The van der Waals surface area contributed by atoms with Crippen LogP contribution in [0.1, 0.15) is 6.92 Å². The van der Waals surface area contributed by atoms with Crippen LogP contribution in [0.25, 0.3) is 0 Å². The average molecular weight is 356 g/mol. The summed E-state index contributed by atoms with van der Waals surface area (Å²) in [4.78, 5) is 10.7. The normalized spacial score (nSPS) is 12.0.